The molecule has 2 nitrogen and oxygen atoms in total. The third kappa shape index (κ3) is 1.34. The van der Waals surface area contributed by atoms with E-state index in [1.54, 1.807) is 4.90 Å². The van der Waals surface area contributed by atoms with Gasteiger partial charge in [-0.1, -0.05) is 0 Å². The van der Waals surface area contributed by atoms with E-state index >= 15 is 0 Å². The predicted octanol–water partition coefficient (Wildman–Crippen LogP) is -0.150. The smallest absolute Gasteiger partial charge is 0.176 e. The van der Waals surface area contributed by atoms with Crippen molar-refractivity contribution in [2.45, 2.75) is 18.9 Å². The number of aromatic amines is 1. The van der Waals surface area contributed by atoms with Gasteiger partial charge in [0.15, 0.2) is 12.4 Å². The second-order valence-corrected chi connectivity index (χ2v) is 3.63. The predicted molar refractivity (Wildman–Crippen MR) is 46.7 cm³/mol. The molecule has 2 unspecified atom stereocenters. The van der Waals surface area contributed by atoms with Crippen molar-refractivity contribution < 1.29 is 9.88 Å². The van der Waals surface area contributed by atoms with Gasteiger partial charge in [-0.2, -0.15) is 0 Å². The summed E-state index contributed by atoms with van der Waals surface area (Å²) in [6.45, 7) is 1.32. The van der Waals surface area contributed by atoms with Crippen LogP contribution in [0.2, 0.25) is 0 Å². The van der Waals surface area contributed by atoms with Gasteiger partial charge in [0.05, 0.1) is 19.2 Å². The molecule has 1 aromatic rings. The largest absolute Gasteiger partial charge is 0.331 e. The summed E-state index contributed by atoms with van der Waals surface area (Å²) in [6.07, 6.45) is 6.79. The molecule has 0 aromatic carbocycles. The lowest BCUT2D eigenvalue weighted by atomic mass is 10.1. The molecule has 0 bridgehead atoms. The number of quaternary nitrogens is 1. The van der Waals surface area contributed by atoms with Gasteiger partial charge in [0, 0.05) is 18.9 Å². The molecule has 2 N–H and O–H groups in total. The van der Waals surface area contributed by atoms with Crippen LogP contribution in [0.1, 0.15) is 24.4 Å². The Morgan fingerprint density at radius 2 is 2.50 bits per heavy atom. The molecule has 0 amide bonds. The third-order valence-electron chi connectivity index (χ3n) is 2.79. The minimum Gasteiger partial charge on any atom is -0.331 e. The van der Waals surface area contributed by atoms with Gasteiger partial charge in [0.1, 0.15) is 6.04 Å². The second-order valence-electron chi connectivity index (χ2n) is 3.63. The van der Waals surface area contributed by atoms with Crippen molar-refractivity contribution in [1.29, 1.82) is 0 Å². The Bertz CT molecular complexity index is 245. The summed E-state index contributed by atoms with van der Waals surface area (Å²) in [5, 5.41) is 0. The van der Waals surface area contributed by atoms with Gasteiger partial charge in [-0.15, -0.1) is 0 Å². The van der Waals surface area contributed by atoms with Gasteiger partial charge < -0.3 is 4.90 Å². The average Bonchev–Trinajstić information content (AvgIpc) is 2.53. The molecule has 2 heteroatoms. The van der Waals surface area contributed by atoms with Crippen LogP contribution in [-0.4, -0.2) is 13.6 Å². The molecule has 2 rings (SSSR count). The van der Waals surface area contributed by atoms with E-state index in [1.165, 1.54) is 24.9 Å². The Morgan fingerprint density at radius 3 is 3.08 bits per heavy atom. The maximum absolute atomic E-state index is 3.15. The number of H-pyrrole nitrogens is 1. The number of pyridine rings is 1. The van der Waals surface area contributed by atoms with Crippen molar-refractivity contribution >= 4 is 0 Å². The summed E-state index contributed by atoms with van der Waals surface area (Å²) < 4.78 is 0. The highest BCUT2D eigenvalue weighted by atomic mass is 15.1. The normalized spacial score (nSPS) is 29.1. The first-order valence-corrected chi connectivity index (χ1v) is 4.66. The van der Waals surface area contributed by atoms with Crippen LogP contribution < -0.4 is 9.88 Å². The van der Waals surface area contributed by atoms with Gasteiger partial charge >= 0.3 is 0 Å². The highest BCUT2D eigenvalue weighted by Crippen LogP contribution is 2.16. The van der Waals surface area contributed by atoms with E-state index in [4.69, 9.17) is 0 Å². The zero-order valence-corrected chi connectivity index (χ0v) is 7.51. The molecule has 1 saturated heterocycles. The fraction of sp³-hybridized carbons (Fsp3) is 0.500. The van der Waals surface area contributed by atoms with Crippen LogP contribution in [0.3, 0.4) is 0 Å². The Kier molecular flexibility index (Phi) is 2.09. The molecule has 1 aromatic heterocycles. The van der Waals surface area contributed by atoms with Gasteiger partial charge in [-0.3, -0.25) is 0 Å². The van der Waals surface area contributed by atoms with E-state index in [0.29, 0.717) is 0 Å². The Labute approximate surface area is 73.2 Å². The first kappa shape index (κ1) is 7.74. The molecule has 2 atom stereocenters. The molecule has 64 valence electrons. The standard InChI is InChI=1S/C10H14N2/c1-12-7-3-5-10(12)9-4-2-6-11-8-9/h2,4,6,8,10H,3,5,7H2,1H3/p+2. The minimum atomic E-state index is 0.724. The zero-order valence-electron chi connectivity index (χ0n) is 7.51. The lowest BCUT2D eigenvalue weighted by Gasteiger charge is -2.14. The fourth-order valence-electron chi connectivity index (χ4n) is 2.08. The van der Waals surface area contributed by atoms with Gasteiger partial charge in [0.2, 0.25) is 0 Å². The molecule has 0 spiro atoms. The highest BCUT2D eigenvalue weighted by molar-refractivity contribution is 5.09. The highest BCUT2D eigenvalue weighted by Gasteiger charge is 2.27. The number of hydrogen-bond donors (Lipinski definition) is 1. The fourth-order valence-corrected chi connectivity index (χ4v) is 2.08. The number of likely N-dealkylation sites (tertiary alicyclic amines) is 1. The molecule has 1 fully saturated rings. The van der Waals surface area contributed by atoms with Crippen LogP contribution in [0.15, 0.2) is 24.5 Å². The van der Waals surface area contributed by atoms with E-state index in [2.05, 4.69) is 30.4 Å². The lowest BCUT2D eigenvalue weighted by molar-refractivity contribution is -0.898. The first-order chi connectivity index (χ1) is 5.88. The van der Waals surface area contributed by atoms with Crippen molar-refractivity contribution in [3.05, 3.63) is 30.1 Å². The quantitative estimate of drug-likeness (QED) is 0.595. The van der Waals surface area contributed by atoms with Crippen molar-refractivity contribution in [3.8, 4) is 0 Å². The summed E-state index contributed by atoms with van der Waals surface area (Å²) in [4.78, 5) is 4.79. The zero-order chi connectivity index (χ0) is 8.39. The summed E-state index contributed by atoms with van der Waals surface area (Å²) >= 11 is 0. The number of nitrogens with one attached hydrogen (secondary N) is 2. The van der Waals surface area contributed by atoms with Gasteiger partial charge in [0.25, 0.3) is 0 Å². The van der Waals surface area contributed by atoms with Crippen molar-refractivity contribution in [2.24, 2.45) is 0 Å². The number of rotatable bonds is 1. The summed E-state index contributed by atoms with van der Waals surface area (Å²) in [5.41, 5.74) is 1.45. The SMILES string of the molecule is C[NH+]1CCCC1c1ccc[nH+]c1. The molecule has 12 heavy (non-hydrogen) atoms. The Balaban J connectivity index is 2.19. The maximum atomic E-state index is 3.15. The van der Waals surface area contributed by atoms with Crippen molar-refractivity contribution in [3.63, 3.8) is 0 Å². The van der Waals surface area contributed by atoms with E-state index < -0.39 is 0 Å². The number of aromatic nitrogens is 1. The van der Waals surface area contributed by atoms with Crippen molar-refractivity contribution in [1.82, 2.24) is 0 Å². The summed E-state index contributed by atoms with van der Waals surface area (Å²) in [5.74, 6) is 0. The molecular weight excluding hydrogens is 148 g/mol. The molecule has 0 aliphatic carbocycles. The Morgan fingerprint density at radius 1 is 1.58 bits per heavy atom. The second kappa shape index (κ2) is 3.23. The maximum Gasteiger partial charge on any atom is 0.176 e. The molecule has 1 aliphatic rings. The van der Waals surface area contributed by atoms with Crippen LogP contribution in [0.4, 0.5) is 0 Å². The molecule has 0 radical (unpaired) electrons. The van der Waals surface area contributed by atoms with Crippen molar-refractivity contribution in [2.75, 3.05) is 13.6 Å². The van der Waals surface area contributed by atoms with Crippen LogP contribution in [0.25, 0.3) is 0 Å². The van der Waals surface area contributed by atoms with Gasteiger partial charge in [-0.05, 0) is 6.07 Å². The van der Waals surface area contributed by atoms with Crippen LogP contribution >= 0.6 is 0 Å². The van der Waals surface area contributed by atoms with E-state index in [9.17, 15) is 0 Å². The van der Waals surface area contributed by atoms with Gasteiger partial charge in [-0.25, -0.2) is 4.98 Å². The molecular formula is C10H16N2+2. The average molecular weight is 164 g/mol. The first-order valence-electron chi connectivity index (χ1n) is 4.66. The topological polar surface area (TPSA) is 18.6 Å². The Hall–Kier alpha value is -0.890. The van der Waals surface area contributed by atoms with Crippen LogP contribution in [-0.2, 0) is 0 Å². The molecule has 2 heterocycles. The summed E-state index contributed by atoms with van der Waals surface area (Å²) in [6, 6.07) is 5.03. The van der Waals surface area contributed by atoms with E-state index in [1.807, 2.05) is 6.20 Å². The minimum absolute atomic E-state index is 0.724. The summed E-state index contributed by atoms with van der Waals surface area (Å²) in [7, 11) is 2.28. The van der Waals surface area contributed by atoms with Crippen LogP contribution in [0, 0.1) is 0 Å². The van der Waals surface area contributed by atoms with E-state index in [0.717, 1.165) is 6.04 Å². The van der Waals surface area contributed by atoms with E-state index in [-0.39, 0.29) is 0 Å². The monoisotopic (exact) mass is 164 g/mol. The lowest BCUT2D eigenvalue weighted by Crippen LogP contribution is -3.07. The number of hydrogen-bond acceptors (Lipinski definition) is 0. The molecule has 1 aliphatic heterocycles. The molecule has 0 saturated carbocycles. The van der Waals surface area contributed by atoms with Crippen LogP contribution in [0.5, 0.6) is 0 Å². The third-order valence-corrected chi connectivity index (χ3v) is 2.79.